The van der Waals surface area contributed by atoms with E-state index >= 15 is 0 Å². The average molecular weight is 344 g/mol. The van der Waals surface area contributed by atoms with Crippen molar-refractivity contribution in [1.29, 1.82) is 0 Å². The van der Waals surface area contributed by atoms with E-state index in [4.69, 9.17) is 0 Å². The number of amides is 1. The number of rotatable bonds is 6. The molecule has 1 amide bonds. The SMILES string of the molecule is CN(C)c1ccc(CC(=O)NC[C@H]2CCN(C3CCCCC3)C2)cc1. The van der Waals surface area contributed by atoms with Gasteiger partial charge in [-0.2, -0.15) is 0 Å². The number of hydrogen-bond donors (Lipinski definition) is 1. The Morgan fingerprint density at radius 3 is 2.52 bits per heavy atom. The van der Waals surface area contributed by atoms with Gasteiger partial charge in [-0.25, -0.2) is 0 Å². The first-order valence-corrected chi connectivity index (χ1v) is 9.89. The topological polar surface area (TPSA) is 35.6 Å². The molecule has 4 nitrogen and oxygen atoms in total. The van der Waals surface area contributed by atoms with E-state index in [1.807, 2.05) is 14.1 Å². The molecule has 2 fully saturated rings. The van der Waals surface area contributed by atoms with Crippen molar-refractivity contribution in [3.8, 4) is 0 Å². The molecule has 1 atom stereocenters. The van der Waals surface area contributed by atoms with Gasteiger partial charge in [0.2, 0.25) is 5.91 Å². The lowest BCUT2D eigenvalue weighted by Crippen LogP contribution is -2.36. The van der Waals surface area contributed by atoms with Gasteiger partial charge in [0.15, 0.2) is 0 Å². The molecule has 1 aliphatic heterocycles. The number of nitrogens with zero attached hydrogens (tertiary/aromatic N) is 2. The van der Waals surface area contributed by atoms with Crippen LogP contribution in [0.3, 0.4) is 0 Å². The number of likely N-dealkylation sites (tertiary alicyclic amines) is 1. The van der Waals surface area contributed by atoms with E-state index in [-0.39, 0.29) is 5.91 Å². The van der Waals surface area contributed by atoms with Crippen LogP contribution in [0.5, 0.6) is 0 Å². The van der Waals surface area contributed by atoms with Crippen LogP contribution < -0.4 is 10.2 Å². The van der Waals surface area contributed by atoms with Crippen molar-refractivity contribution in [2.45, 2.75) is 51.0 Å². The summed E-state index contributed by atoms with van der Waals surface area (Å²) in [6.07, 6.45) is 8.68. The van der Waals surface area contributed by atoms with Gasteiger partial charge in [-0.05, 0) is 49.4 Å². The van der Waals surface area contributed by atoms with E-state index in [2.05, 4.69) is 39.4 Å². The summed E-state index contributed by atoms with van der Waals surface area (Å²) in [6, 6.07) is 9.05. The van der Waals surface area contributed by atoms with Crippen LogP contribution in [0.25, 0.3) is 0 Å². The minimum Gasteiger partial charge on any atom is -0.378 e. The maximum Gasteiger partial charge on any atom is 0.224 e. The molecule has 1 aromatic rings. The zero-order valence-corrected chi connectivity index (χ0v) is 15.8. The lowest BCUT2D eigenvalue weighted by Gasteiger charge is -2.31. The standard InChI is InChI=1S/C21H33N3O/c1-23(2)19-10-8-17(9-11-19)14-21(25)22-15-18-12-13-24(16-18)20-6-4-3-5-7-20/h8-11,18,20H,3-7,12-16H2,1-2H3,(H,22,25)/t18-/m1/s1. The predicted molar refractivity (Wildman–Crippen MR) is 104 cm³/mol. The second-order valence-electron chi connectivity index (χ2n) is 7.98. The number of nitrogens with one attached hydrogen (secondary N) is 1. The molecule has 2 aliphatic rings. The molecule has 0 spiro atoms. The first-order chi connectivity index (χ1) is 12.1. The smallest absolute Gasteiger partial charge is 0.224 e. The molecule has 0 bridgehead atoms. The fourth-order valence-electron chi connectivity index (χ4n) is 4.23. The molecule has 1 aromatic carbocycles. The van der Waals surface area contributed by atoms with E-state index in [1.54, 1.807) is 0 Å². The number of hydrogen-bond acceptors (Lipinski definition) is 3. The fraction of sp³-hybridized carbons (Fsp3) is 0.667. The Morgan fingerprint density at radius 2 is 1.84 bits per heavy atom. The third-order valence-electron chi connectivity index (χ3n) is 5.81. The minimum atomic E-state index is 0.147. The van der Waals surface area contributed by atoms with E-state index in [0.717, 1.165) is 23.8 Å². The zero-order chi connectivity index (χ0) is 17.6. The highest BCUT2D eigenvalue weighted by Crippen LogP contribution is 2.27. The monoisotopic (exact) mass is 343 g/mol. The van der Waals surface area contributed by atoms with Gasteiger partial charge < -0.3 is 15.1 Å². The molecule has 1 N–H and O–H groups in total. The Bertz CT molecular complexity index is 549. The summed E-state index contributed by atoms with van der Waals surface area (Å²) in [5.41, 5.74) is 2.25. The average Bonchev–Trinajstić information content (AvgIpc) is 3.10. The second kappa shape index (κ2) is 8.70. The minimum absolute atomic E-state index is 0.147. The lowest BCUT2D eigenvalue weighted by molar-refractivity contribution is -0.120. The van der Waals surface area contributed by atoms with Crippen molar-refractivity contribution in [1.82, 2.24) is 10.2 Å². The van der Waals surface area contributed by atoms with Gasteiger partial charge in [0.25, 0.3) is 0 Å². The normalized spacial score (nSPS) is 22.1. The molecule has 1 saturated heterocycles. The highest BCUT2D eigenvalue weighted by Gasteiger charge is 2.29. The Balaban J connectivity index is 1.39. The summed E-state index contributed by atoms with van der Waals surface area (Å²) in [5.74, 6) is 0.774. The van der Waals surface area contributed by atoms with Gasteiger partial charge in [0.1, 0.15) is 0 Å². The lowest BCUT2D eigenvalue weighted by atomic mass is 9.94. The molecule has 1 heterocycles. The number of anilines is 1. The van der Waals surface area contributed by atoms with Crippen molar-refractivity contribution in [2.75, 3.05) is 38.6 Å². The summed E-state index contributed by atoms with van der Waals surface area (Å²) in [5, 5.41) is 3.16. The van der Waals surface area contributed by atoms with Gasteiger partial charge in [0, 0.05) is 38.9 Å². The first kappa shape index (κ1) is 18.2. The van der Waals surface area contributed by atoms with Gasteiger partial charge in [-0.1, -0.05) is 31.4 Å². The van der Waals surface area contributed by atoms with Crippen LogP contribution in [-0.2, 0) is 11.2 Å². The molecule has 0 aromatic heterocycles. The van der Waals surface area contributed by atoms with Gasteiger partial charge >= 0.3 is 0 Å². The van der Waals surface area contributed by atoms with Gasteiger partial charge in [-0.3, -0.25) is 4.79 Å². The molecule has 25 heavy (non-hydrogen) atoms. The van der Waals surface area contributed by atoms with Crippen LogP contribution in [0.1, 0.15) is 44.1 Å². The maximum atomic E-state index is 12.2. The Hall–Kier alpha value is -1.55. The van der Waals surface area contributed by atoms with Crippen LogP contribution in [0.2, 0.25) is 0 Å². The van der Waals surface area contributed by atoms with Crippen molar-refractivity contribution in [3.05, 3.63) is 29.8 Å². The van der Waals surface area contributed by atoms with Crippen LogP contribution >= 0.6 is 0 Å². The Morgan fingerprint density at radius 1 is 1.12 bits per heavy atom. The molecule has 4 heteroatoms. The largest absolute Gasteiger partial charge is 0.378 e. The van der Waals surface area contributed by atoms with Gasteiger partial charge in [-0.15, -0.1) is 0 Å². The van der Waals surface area contributed by atoms with Crippen LogP contribution in [0.15, 0.2) is 24.3 Å². The summed E-state index contributed by atoms with van der Waals surface area (Å²) in [7, 11) is 4.06. The summed E-state index contributed by atoms with van der Waals surface area (Å²) >= 11 is 0. The van der Waals surface area contributed by atoms with E-state index in [0.29, 0.717) is 12.3 Å². The van der Waals surface area contributed by atoms with Crippen LogP contribution in [0, 0.1) is 5.92 Å². The Kier molecular flexibility index (Phi) is 6.35. The van der Waals surface area contributed by atoms with Crippen LogP contribution in [0.4, 0.5) is 5.69 Å². The zero-order valence-electron chi connectivity index (χ0n) is 15.8. The highest BCUT2D eigenvalue weighted by atomic mass is 16.1. The van der Waals surface area contributed by atoms with Crippen molar-refractivity contribution in [3.63, 3.8) is 0 Å². The van der Waals surface area contributed by atoms with Crippen molar-refractivity contribution >= 4 is 11.6 Å². The van der Waals surface area contributed by atoms with E-state index in [9.17, 15) is 4.79 Å². The quantitative estimate of drug-likeness (QED) is 0.862. The number of carbonyl (C=O) groups is 1. The fourth-order valence-corrected chi connectivity index (χ4v) is 4.23. The highest BCUT2D eigenvalue weighted by molar-refractivity contribution is 5.78. The summed E-state index contributed by atoms with van der Waals surface area (Å²) < 4.78 is 0. The third-order valence-corrected chi connectivity index (χ3v) is 5.81. The van der Waals surface area contributed by atoms with Crippen molar-refractivity contribution in [2.24, 2.45) is 5.92 Å². The maximum absolute atomic E-state index is 12.2. The van der Waals surface area contributed by atoms with E-state index in [1.165, 1.54) is 51.6 Å². The van der Waals surface area contributed by atoms with E-state index < -0.39 is 0 Å². The van der Waals surface area contributed by atoms with Crippen LogP contribution in [-0.4, -0.2) is 50.6 Å². The molecule has 0 radical (unpaired) electrons. The Labute approximate surface area is 152 Å². The molecular formula is C21H33N3O. The summed E-state index contributed by atoms with van der Waals surface area (Å²) in [4.78, 5) is 17.0. The number of benzene rings is 1. The molecular weight excluding hydrogens is 310 g/mol. The molecule has 1 saturated carbocycles. The summed E-state index contributed by atoms with van der Waals surface area (Å²) in [6.45, 7) is 3.22. The van der Waals surface area contributed by atoms with Gasteiger partial charge in [0.05, 0.1) is 6.42 Å². The number of carbonyl (C=O) groups excluding carboxylic acids is 1. The van der Waals surface area contributed by atoms with Crippen molar-refractivity contribution < 1.29 is 4.79 Å². The first-order valence-electron chi connectivity index (χ1n) is 9.89. The molecule has 1 aliphatic carbocycles. The third kappa shape index (κ3) is 5.21. The molecule has 0 unspecified atom stereocenters. The molecule has 3 rings (SSSR count). The predicted octanol–water partition coefficient (Wildman–Crippen LogP) is 3.07. The second-order valence-corrected chi connectivity index (χ2v) is 7.98. The molecule has 138 valence electrons.